The van der Waals surface area contributed by atoms with Crippen LogP contribution in [0.1, 0.15) is 52.9 Å². The van der Waals surface area contributed by atoms with Gasteiger partial charge in [-0.15, -0.1) is 11.8 Å². The van der Waals surface area contributed by atoms with Crippen LogP contribution in [-0.2, 0) is 23.9 Å². The molecule has 0 radical (unpaired) electrons. The Morgan fingerprint density at radius 2 is 2.03 bits per heavy atom. The van der Waals surface area contributed by atoms with Crippen molar-refractivity contribution in [2.24, 2.45) is 28.6 Å². The van der Waals surface area contributed by atoms with Gasteiger partial charge in [-0.2, -0.15) is 0 Å². The topological polar surface area (TPSA) is 89.9 Å². The summed E-state index contributed by atoms with van der Waals surface area (Å²) in [5.74, 6) is 0.141. The lowest BCUT2D eigenvalue weighted by Crippen LogP contribution is -2.62. The van der Waals surface area contributed by atoms with Gasteiger partial charge >= 0.3 is 5.97 Å². The van der Waals surface area contributed by atoms with Gasteiger partial charge in [0.2, 0.25) is 5.78 Å². The average molecular weight is 463 g/mol. The van der Waals surface area contributed by atoms with Crippen molar-refractivity contribution in [1.29, 1.82) is 0 Å². The van der Waals surface area contributed by atoms with Gasteiger partial charge in [0, 0.05) is 23.7 Å². The number of allylic oxidation sites excluding steroid dienone is 4. The van der Waals surface area contributed by atoms with Crippen molar-refractivity contribution in [3.63, 3.8) is 0 Å². The molecule has 0 bridgehead atoms. The molecule has 32 heavy (non-hydrogen) atoms. The molecule has 0 heterocycles. The van der Waals surface area contributed by atoms with Crippen molar-refractivity contribution in [2.75, 3.05) is 18.8 Å². The second kappa shape index (κ2) is 8.41. The molecule has 4 aliphatic rings. The van der Waals surface area contributed by atoms with Crippen LogP contribution in [0.5, 0.6) is 0 Å². The van der Waals surface area contributed by atoms with Crippen molar-refractivity contribution >= 4 is 29.3 Å². The van der Waals surface area contributed by atoms with Gasteiger partial charge in [-0.3, -0.25) is 14.4 Å². The molecule has 0 aromatic carbocycles. The minimum absolute atomic E-state index is 0.00449. The van der Waals surface area contributed by atoms with Crippen LogP contribution >= 0.6 is 11.8 Å². The van der Waals surface area contributed by atoms with Gasteiger partial charge in [-0.05, 0) is 62.3 Å². The van der Waals surface area contributed by atoms with Crippen molar-refractivity contribution in [3.05, 3.63) is 23.8 Å². The molecule has 3 fully saturated rings. The molecule has 176 valence electrons. The monoisotopic (exact) mass is 462 g/mol. The second-order valence-electron chi connectivity index (χ2n) is 10.3. The number of fused-ring (bicyclic) bond motifs is 5. The van der Waals surface area contributed by atoms with Crippen LogP contribution in [-0.4, -0.2) is 53.1 Å². The summed E-state index contributed by atoms with van der Waals surface area (Å²) in [6.07, 6.45) is 10.3. The van der Waals surface area contributed by atoms with Crippen molar-refractivity contribution in [2.45, 2.75) is 64.6 Å². The Labute approximate surface area is 194 Å². The molecule has 1 N–H and O–H groups in total. The van der Waals surface area contributed by atoms with E-state index in [1.54, 1.807) is 12.2 Å². The molecule has 6 nitrogen and oxygen atoms in total. The molecular weight excluding hydrogens is 428 g/mol. The highest BCUT2D eigenvalue weighted by Gasteiger charge is 2.69. The molecule has 3 saturated carbocycles. The van der Waals surface area contributed by atoms with E-state index in [0.29, 0.717) is 18.8 Å². The standard InChI is InChI=1S/C25H34O6S/c1-15(26)30-13-21(29)25(31-14-32-4)10-8-19-18-6-5-16-11-17(27)7-9-23(16,2)22(18)20(28)12-24(19,25)3/h7,9,11,18-20,22,28H,5-6,8,10,12-14H2,1-4H3/t18-,19-,20?,22+,23-,24-,25-/m0/s1. The van der Waals surface area contributed by atoms with E-state index in [-0.39, 0.29) is 41.3 Å². The van der Waals surface area contributed by atoms with Gasteiger partial charge < -0.3 is 14.6 Å². The van der Waals surface area contributed by atoms with Crippen LogP contribution in [0.4, 0.5) is 0 Å². The Morgan fingerprint density at radius 1 is 1.28 bits per heavy atom. The SMILES string of the molecule is CSCO[C@]1(C(=O)COC(C)=O)CC[C@H]2[C@@H]3CCC4=CC(=O)C=C[C@]4(C)[C@H]3C(O)C[C@@]21C. The average Bonchev–Trinajstić information content (AvgIpc) is 3.03. The predicted octanol–water partition coefficient (Wildman–Crippen LogP) is 3.47. The van der Waals surface area contributed by atoms with E-state index in [4.69, 9.17) is 9.47 Å². The van der Waals surface area contributed by atoms with Crippen LogP contribution < -0.4 is 0 Å². The van der Waals surface area contributed by atoms with Gasteiger partial charge in [-0.25, -0.2) is 0 Å². The van der Waals surface area contributed by atoms with Crippen LogP contribution in [0.2, 0.25) is 0 Å². The Kier molecular flexibility index (Phi) is 6.23. The number of aliphatic hydroxyl groups is 1. The molecule has 0 aliphatic heterocycles. The molecule has 0 amide bonds. The third kappa shape index (κ3) is 3.43. The number of esters is 1. The fourth-order valence-electron chi connectivity index (χ4n) is 7.53. The predicted molar refractivity (Wildman–Crippen MR) is 122 cm³/mol. The lowest BCUT2D eigenvalue weighted by molar-refractivity contribution is -0.189. The summed E-state index contributed by atoms with van der Waals surface area (Å²) in [7, 11) is 0. The summed E-state index contributed by atoms with van der Waals surface area (Å²) in [4.78, 5) is 36.8. The zero-order valence-electron chi connectivity index (χ0n) is 19.4. The summed E-state index contributed by atoms with van der Waals surface area (Å²) in [6, 6.07) is 0. The Hall–Kier alpha value is -1.44. The lowest BCUT2D eigenvalue weighted by atomic mass is 9.46. The molecular formula is C25H34O6S. The third-order valence-electron chi connectivity index (χ3n) is 8.90. The number of aliphatic hydroxyl groups excluding tert-OH is 1. The number of rotatable bonds is 6. The van der Waals surface area contributed by atoms with E-state index in [0.717, 1.165) is 24.8 Å². The number of hydrogen-bond donors (Lipinski definition) is 1. The van der Waals surface area contributed by atoms with E-state index < -0.39 is 23.1 Å². The van der Waals surface area contributed by atoms with Crippen LogP contribution in [0.15, 0.2) is 23.8 Å². The maximum Gasteiger partial charge on any atom is 0.303 e. The minimum Gasteiger partial charge on any atom is -0.458 e. The Balaban J connectivity index is 1.70. The molecule has 0 aromatic rings. The summed E-state index contributed by atoms with van der Waals surface area (Å²) in [6.45, 7) is 5.23. The summed E-state index contributed by atoms with van der Waals surface area (Å²) < 4.78 is 11.4. The number of ether oxygens (including phenoxy) is 2. The first-order chi connectivity index (χ1) is 15.1. The second-order valence-corrected chi connectivity index (χ2v) is 11.1. The molecule has 4 aliphatic carbocycles. The van der Waals surface area contributed by atoms with E-state index >= 15 is 0 Å². The summed E-state index contributed by atoms with van der Waals surface area (Å²) in [5.41, 5.74) is -0.850. The number of carbonyl (C=O) groups is 3. The highest BCUT2D eigenvalue weighted by molar-refractivity contribution is 7.98. The summed E-state index contributed by atoms with van der Waals surface area (Å²) in [5, 5.41) is 11.5. The lowest BCUT2D eigenvalue weighted by Gasteiger charge is -2.60. The fraction of sp³-hybridized carbons (Fsp3) is 0.720. The molecule has 1 unspecified atom stereocenters. The maximum absolute atomic E-state index is 13.5. The Bertz CT molecular complexity index is 880. The van der Waals surface area contributed by atoms with Crippen molar-refractivity contribution in [3.8, 4) is 0 Å². The fourth-order valence-corrected chi connectivity index (χ4v) is 7.85. The smallest absolute Gasteiger partial charge is 0.303 e. The van der Waals surface area contributed by atoms with Gasteiger partial charge in [0.15, 0.2) is 12.4 Å². The van der Waals surface area contributed by atoms with E-state index in [9.17, 15) is 19.5 Å². The number of Topliss-reactive ketones (excluding diaryl/α,β-unsaturated/α-hetero) is 1. The number of thioether (sulfide) groups is 1. The maximum atomic E-state index is 13.5. The van der Waals surface area contributed by atoms with Crippen LogP contribution in [0.3, 0.4) is 0 Å². The first-order valence-corrected chi connectivity index (χ1v) is 12.9. The Morgan fingerprint density at radius 3 is 2.72 bits per heavy atom. The molecule has 0 spiro atoms. The van der Waals surface area contributed by atoms with E-state index in [1.165, 1.54) is 18.7 Å². The largest absolute Gasteiger partial charge is 0.458 e. The van der Waals surface area contributed by atoms with E-state index in [2.05, 4.69) is 13.8 Å². The van der Waals surface area contributed by atoms with Gasteiger partial charge in [0.25, 0.3) is 0 Å². The summed E-state index contributed by atoms with van der Waals surface area (Å²) >= 11 is 1.51. The normalized spacial score (nSPS) is 42.5. The molecule has 7 heteroatoms. The van der Waals surface area contributed by atoms with Crippen LogP contribution in [0, 0.1) is 28.6 Å². The molecule has 4 rings (SSSR count). The number of hydrogen-bond acceptors (Lipinski definition) is 7. The van der Waals surface area contributed by atoms with Gasteiger partial charge in [-0.1, -0.05) is 25.5 Å². The number of carbonyl (C=O) groups excluding carboxylic acids is 3. The van der Waals surface area contributed by atoms with Crippen molar-refractivity contribution in [1.82, 2.24) is 0 Å². The zero-order chi connectivity index (χ0) is 23.3. The number of ketones is 2. The molecule has 0 aromatic heterocycles. The van der Waals surface area contributed by atoms with Gasteiger partial charge in [0.1, 0.15) is 5.60 Å². The van der Waals surface area contributed by atoms with Crippen LogP contribution in [0.25, 0.3) is 0 Å². The first kappa shape index (κ1) is 23.7. The van der Waals surface area contributed by atoms with Crippen molar-refractivity contribution < 1.29 is 29.0 Å². The molecule has 0 saturated heterocycles. The third-order valence-corrected chi connectivity index (χ3v) is 9.25. The minimum atomic E-state index is -1.07. The quantitative estimate of drug-likeness (QED) is 0.477. The van der Waals surface area contributed by atoms with E-state index in [1.807, 2.05) is 12.3 Å². The molecule has 7 atom stereocenters. The zero-order valence-corrected chi connectivity index (χ0v) is 20.2. The highest BCUT2D eigenvalue weighted by atomic mass is 32.2. The first-order valence-electron chi connectivity index (χ1n) is 11.5. The van der Waals surface area contributed by atoms with Gasteiger partial charge in [0.05, 0.1) is 12.0 Å². The highest BCUT2D eigenvalue weighted by Crippen LogP contribution is 2.67.